The Bertz CT molecular complexity index is 978. The first kappa shape index (κ1) is 19.1. The molecular weight excluding hydrogens is 379 g/mol. The molecule has 7 heteroatoms. The highest BCUT2D eigenvalue weighted by Crippen LogP contribution is 2.32. The second-order valence-corrected chi connectivity index (χ2v) is 9.27. The van der Waals surface area contributed by atoms with E-state index in [9.17, 15) is 17.6 Å². The Labute approximate surface area is 164 Å². The van der Waals surface area contributed by atoms with Crippen LogP contribution in [0.2, 0.25) is 0 Å². The SMILES string of the molecule is O=C(NC1CCc2cc(F)ccc21)C1CCCCN1S(=O)(=O)c1ccccc1. The number of hydrogen-bond donors (Lipinski definition) is 1. The minimum absolute atomic E-state index is 0.202. The molecule has 2 aromatic carbocycles. The van der Waals surface area contributed by atoms with Gasteiger partial charge in [0.2, 0.25) is 15.9 Å². The zero-order valence-electron chi connectivity index (χ0n) is 15.5. The van der Waals surface area contributed by atoms with Crippen LogP contribution in [-0.4, -0.2) is 31.2 Å². The molecule has 4 rings (SSSR count). The summed E-state index contributed by atoms with van der Waals surface area (Å²) in [6.07, 6.45) is 3.45. The van der Waals surface area contributed by atoms with E-state index in [1.165, 1.54) is 16.4 Å². The predicted molar refractivity (Wildman–Crippen MR) is 104 cm³/mol. The number of aryl methyl sites for hydroxylation is 1. The van der Waals surface area contributed by atoms with Crippen molar-refractivity contribution in [2.45, 2.75) is 49.1 Å². The van der Waals surface area contributed by atoms with Crippen molar-refractivity contribution in [3.05, 3.63) is 65.5 Å². The lowest BCUT2D eigenvalue weighted by Crippen LogP contribution is -2.52. The van der Waals surface area contributed by atoms with Crippen molar-refractivity contribution in [1.29, 1.82) is 0 Å². The fraction of sp³-hybridized carbons (Fsp3) is 0.381. The molecule has 1 amide bonds. The van der Waals surface area contributed by atoms with E-state index in [0.717, 1.165) is 24.0 Å². The standard InChI is InChI=1S/C21H23FN2O3S/c22-16-10-11-18-15(14-16)9-12-19(18)23-21(25)20-8-4-5-13-24(20)28(26,27)17-6-2-1-3-7-17/h1-3,6-7,10-11,14,19-20H,4-5,8-9,12-13H2,(H,23,25). The normalized spacial score (nSPS) is 22.6. The molecule has 2 aromatic rings. The molecule has 1 aliphatic heterocycles. The second-order valence-electron chi connectivity index (χ2n) is 7.38. The van der Waals surface area contributed by atoms with Gasteiger partial charge < -0.3 is 5.32 Å². The van der Waals surface area contributed by atoms with Gasteiger partial charge >= 0.3 is 0 Å². The van der Waals surface area contributed by atoms with Crippen molar-refractivity contribution in [3.8, 4) is 0 Å². The van der Waals surface area contributed by atoms with Gasteiger partial charge in [-0.3, -0.25) is 4.79 Å². The summed E-state index contributed by atoms with van der Waals surface area (Å²) >= 11 is 0. The van der Waals surface area contributed by atoms with Crippen LogP contribution in [0.15, 0.2) is 53.4 Å². The van der Waals surface area contributed by atoms with Crippen molar-refractivity contribution in [1.82, 2.24) is 9.62 Å². The number of nitrogens with zero attached hydrogens (tertiary/aromatic N) is 1. The Balaban J connectivity index is 1.55. The summed E-state index contributed by atoms with van der Waals surface area (Å²) in [5, 5.41) is 3.01. The molecule has 148 valence electrons. The number of piperidine rings is 1. The molecule has 0 saturated carbocycles. The van der Waals surface area contributed by atoms with Crippen molar-refractivity contribution < 1.29 is 17.6 Å². The van der Waals surface area contributed by atoms with E-state index in [1.807, 2.05) is 0 Å². The fourth-order valence-corrected chi connectivity index (χ4v) is 5.86. The van der Waals surface area contributed by atoms with E-state index in [2.05, 4.69) is 5.32 Å². The molecule has 5 nitrogen and oxygen atoms in total. The number of halogens is 1. The maximum absolute atomic E-state index is 13.4. The van der Waals surface area contributed by atoms with E-state index in [4.69, 9.17) is 0 Å². The number of amides is 1. The first-order valence-corrected chi connectivity index (χ1v) is 11.1. The van der Waals surface area contributed by atoms with Crippen LogP contribution in [0.5, 0.6) is 0 Å². The first-order valence-electron chi connectivity index (χ1n) is 9.62. The smallest absolute Gasteiger partial charge is 0.243 e. The number of nitrogens with one attached hydrogen (secondary N) is 1. The molecule has 2 unspecified atom stereocenters. The molecule has 1 heterocycles. The number of sulfonamides is 1. The average Bonchev–Trinajstić information content (AvgIpc) is 3.10. The number of fused-ring (bicyclic) bond motifs is 1. The number of hydrogen-bond acceptors (Lipinski definition) is 3. The van der Waals surface area contributed by atoms with Gasteiger partial charge in [0.25, 0.3) is 0 Å². The molecule has 0 bridgehead atoms. The van der Waals surface area contributed by atoms with Crippen LogP contribution in [0.3, 0.4) is 0 Å². The Morgan fingerprint density at radius 3 is 2.64 bits per heavy atom. The zero-order valence-corrected chi connectivity index (χ0v) is 16.3. The fourth-order valence-electron chi connectivity index (χ4n) is 4.19. The number of carbonyl (C=O) groups excluding carboxylic acids is 1. The average molecular weight is 402 g/mol. The molecule has 0 spiro atoms. The van der Waals surface area contributed by atoms with Crippen LogP contribution in [0.1, 0.15) is 42.9 Å². The molecule has 1 aliphatic carbocycles. The van der Waals surface area contributed by atoms with E-state index < -0.39 is 16.1 Å². The zero-order chi connectivity index (χ0) is 19.7. The van der Waals surface area contributed by atoms with Crippen LogP contribution in [0.4, 0.5) is 4.39 Å². The van der Waals surface area contributed by atoms with E-state index in [-0.39, 0.29) is 22.7 Å². The van der Waals surface area contributed by atoms with Crippen molar-refractivity contribution >= 4 is 15.9 Å². The summed E-state index contributed by atoms with van der Waals surface area (Å²) in [6.45, 7) is 0.335. The largest absolute Gasteiger partial charge is 0.348 e. The Hall–Kier alpha value is -2.25. The third kappa shape index (κ3) is 3.56. The van der Waals surface area contributed by atoms with Gasteiger partial charge in [-0.05, 0) is 61.1 Å². The molecule has 2 aliphatic rings. The lowest BCUT2D eigenvalue weighted by atomic mass is 10.0. The van der Waals surface area contributed by atoms with E-state index in [1.54, 1.807) is 36.4 Å². The van der Waals surface area contributed by atoms with Gasteiger partial charge in [-0.25, -0.2) is 12.8 Å². The third-order valence-corrected chi connectivity index (χ3v) is 7.53. The Morgan fingerprint density at radius 1 is 1.07 bits per heavy atom. The lowest BCUT2D eigenvalue weighted by Gasteiger charge is -2.34. The molecule has 0 aromatic heterocycles. The molecule has 28 heavy (non-hydrogen) atoms. The molecule has 0 radical (unpaired) electrons. The van der Waals surface area contributed by atoms with E-state index in [0.29, 0.717) is 25.8 Å². The topological polar surface area (TPSA) is 66.5 Å². The number of rotatable bonds is 4. The van der Waals surface area contributed by atoms with Gasteiger partial charge in [0.05, 0.1) is 10.9 Å². The highest BCUT2D eigenvalue weighted by molar-refractivity contribution is 7.89. The Kier molecular flexibility index (Phi) is 5.21. The van der Waals surface area contributed by atoms with Gasteiger partial charge in [-0.2, -0.15) is 4.31 Å². The molecule has 1 saturated heterocycles. The number of carbonyl (C=O) groups is 1. The number of benzene rings is 2. The summed E-state index contributed by atoms with van der Waals surface area (Å²) in [4.78, 5) is 13.2. The maximum Gasteiger partial charge on any atom is 0.243 e. The monoisotopic (exact) mass is 402 g/mol. The molecular formula is C21H23FN2O3S. The third-order valence-electron chi connectivity index (χ3n) is 5.61. The van der Waals surface area contributed by atoms with Gasteiger partial charge in [0.15, 0.2) is 0 Å². The van der Waals surface area contributed by atoms with Gasteiger partial charge in [0, 0.05) is 6.54 Å². The summed E-state index contributed by atoms with van der Waals surface area (Å²) in [5.41, 5.74) is 1.82. The van der Waals surface area contributed by atoms with Gasteiger partial charge in [-0.1, -0.05) is 30.7 Å². The van der Waals surface area contributed by atoms with Crippen LogP contribution in [-0.2, 0) is 21.2 Å². The maximum atomic E-state index is 13.4. The predicted octanol–water partition coefficient (Wildman–Crippen LogP) is 3.17. The van der Waals surface area contributed by atoms with Gasteiger partial charge in [0.1, 0.15) is 11.9 Å². The summed E-state index contributed by atoms with van der Waals surface area (Å²) in [5.74, 6) is -0.556. The quantitative estimate of drug-likeness (QED) is 0.854. The summed E-state index contributed by atoms with van der Waals surface area (Å²) in [6, 6.07) is 11.9. The minimum atomic E-state index is -3.73. The van der Waals surface area contributed by atoms with Crippen LogP contribution < -0.4 is 5.32 Å². The Morgan fingerprint density at radius 2 is 1.86 bits per heavy atom. The van der Waals surface area contributed by atoms with Crippen molar-refractivity contribution in [2.24, 2.45) is 0 Å². The molecule has 1 N–H and O–H groups in total. The van der Waals surface area contributed by atoms with Crippen LogP contribution >= 0.6 is 0 Å². The first-order chi connectivity index (χ1) is 13.5. The van der Waals surface area contributed by atoms with Crippen molar-refractivity contribution in [3.63, 3.8) is 0 Å². The summed E-state index contributed by atoms with van der Waals surface area (Å²) < 4.78 is 40.9. The van der Waals surface area contributed by atoms with Crippen molar-refractivity contribution in [2.75, 3.05) is 6.54 Å². The second kappa shape index (κ2) is 7.64. The molecule has 2 atom stereocenters. The minimum Gasteiger partial charge on any atom is -0.348 e. The highest BCUT2D eigenvalue weighted by Gasteiger charge is 2.38. The van der Waals surface area contributed by atoms with Crippen LogP contribution in [0, 0.1) is 5.82 Å². The molecule has 1 fully saturated rings. The highest BCUT2D eigenvalue weighted by atomic mass is 32.2. The van der Waals surface area contributed by atoms with E-state index >= 15 is 0 Å². The lowest BCUT2D eigenvalue weighted by molar-refractivity contribution is -0.126. The summed E-state index contributed by atoms with van der Waals surface area (Å²) in [7, 11) is -3.73. The van der Waals surface area contributed by atoms with Gasteiger partial charge in [-0.15, -0.1) is 0 Å². The van der Waals surface area contributed by atoms with Crippen LogP contribution in [0.25, 0.3) is 0 Å².